The Balaban J connectivity index is 1.89. The van der Waals surface area contributed by atoms with Crippen LogP contribution in [0.3, 0.4) is 0 Å². The Morgan fingerprint density at radius 3 is 2.55 bits per heavy atom. The molecule has 9 nitrogen and oxygen atoms in total. The first-order valence-corrected chi connectivity index (χ1v) is 10.2. The third-order valence-corrected chi connectivity index (χ3v) is 5.39. The summed E-state index contributed by atoms with van der Waals surface area (Å²) >= 11 is 12.2. The number of primary amides is 1. The molecule has 3 aromatic rings. The third-order valence-electron chi connectivity index (χ3n) is 4.53. The number of aromatic nitrogens is 2. The fraction of sp³-hybridized carbons (Fsp3) is 0.136. The number of ketones is 1. The second kappa shape index (κ2) is 10.8. The first kappa shape index (κ1) is 24.0. The minimum atomic E-state index is -1.40. The average molecular weight is 490 g/mol. The van der Waals surface area contributed by atoms with Gasteiger partial charge < -0.3 is 15.2 Å². The lowest BCUT2D eigenvalue weighted by Crippen LogP contribution is -2.30. The molecule has 11 heteroatoms. The number of nitrogens with zero attached hydrogens (tertiary/aromatic N) is 2. The number of nitrogens with two attached hydrogens (primary N) is 1. The second-order valence-corrected chi connectivity index (χ2v) is 7.54. The van der Waals surface area contributed by atoms with Gasteiger partial charge in [-0.2, -0.15) is 0 Å². The lowest BCUT2D eigenvalue weighted by Gasteiger charge is -2.15. The highest BCUT2D eigenvalue weighted by Crippen LogP contribution is 2.26. The number of ether oxygens (including phenoxy) is 2. The van der Waals surface area contributed by atoms with Crippen molar-refractivity contribution in [1.82, 2.24) is 9.55 Å². The zero-order chi connectivity index (χ0) is 24.0. The summed E-state index contributed by atoms with van der Waals surface area (Å²) in [5.74, 6) is -1.10. The molecule has 1 amide bonds. The number of carbonyl (C=O) groups excluding carboxylic acids is 3. The molecule has 1 heterocycles. The van der Waals surface area contributed by atoms with E-state index in [1.807, 2.05) is 0 Å². The summed E-state index contributed by atoms with van der Waals surface area (Å²) in [6.45, 7) is -0.184. The summed E-state index contributed by atoms with van der Waals surface area (Å²) in [6.07, 6.45) is 0.969. The molecule has 170 valence electrons. The fourth-order valence-electron chi connectivity index (χ4n) is 2.97. The molecule has 0 bridgehead atoms. The Labute approximate surface area is 197 Å². The van der Waals surface area contributed by atoms with Gasteiger partial charge in [-0.15, -0.1) is 0 Å². The van der Waals surface area contributed by atoms with Crippen molar-refractivity contribution < 1.29 is 23.9 Å². The molecule has 0 saturated carbocycles. The standard InChI is InChI=1S/C22H17Cl2N3O6/c23-17-3-1-2-14(19(17)24)9-27-11-26-8-16(22(27)31)20(30)21(33-12-28)13-4-6-15(7-5-13)32-10-18(25)29/h1-8,11-12,21H,9-10H2,(H2,25,29). The molecule has 2 N–H and O–H groups in total. The summed E-state index contributed by atoms with van der Waals surface area (Å²) in [5, 5.41) is 0.605. The van der Waals surface area contributed by atoms with E-state index >= 15 is 0 Å². The van der Waals surface area contributed by atoms with Crippen molar-refractivity contribution >= 4 is 41.4 Å². The van der Waals surface area contributed by atoms with Gasteiger partial charge in [0, 0.05) is 11.8 Å². The fourth-order valence-corrected chi connectivity index (χ4v) is 3.35. The van der Waals surface area contributed by atoms with Crippen LogP contribution < -0.4 is 16.0 Å². The average Bonchev–Trinajstić information content (AvgIpc) is 2.80. The molecule has 0 aliphatic carbocycles. The Hall–Kier alpha value is -3.69. The molecular formula is C22H17Cl2N3O6. The number of amides is 1. The van der Waals surface area contributed by atoms with Gasteiger partial charge in [-0.1, -0.05) is 47.5 Å². The van der Waals surface area contributed by atoms with Crippen LogP contribution >= 0.6 is 23.2 Å². The van der Waals surface area contributed by atoms with E-state index in [-0.39, 0.29) is 35.8 Å². The van der Waals surface area contributed by atoms with Crippen LogP contribution in [0.5, 0.6) is 5.75 Å². The first-order valence-electron chi connectivity index (χ1n) is 9.43. The van der Waals surface area contributed by atoms with Crippen LogP contribution in [-0.4, -0.2) is 34.3 Å². The van der Waals surface area contributed by atoms with Crippen LogP contribution in [0.1, 0.15) is 27.6 Å². The molecule has 1 aromatic heterocycles. The van der Waals surface area contributed by atoms with E-state index in [1.165, 1.54) is 35.2 Å². The number of benzene rings is 2. The maximum atomic E-state index is 13.1. The van der Waals surface area contributed by atoms with Crippen LogP contribution in [0.2, 0.25) is 10.0 Å². The molecule has 0 saturated heterocycles. The zero-order valence-corrected chi connectivity index (χ0v) is 18.5. The van der Waals surface area contributed by atoms with Crippen molar-refractivity contribution in [3.8, 4) is 5.75 Å². The van der Waals surface area contributed by atoms with Gasteiger partial charge in [0.2, 0.25) is 5.78 Å². The summed E-state index contributed by atoms with van der Waals surface area (Å²) in [5.41, 5.74) is 4.95. The minimum absolute atomic E-state index is 0.0252. The normalized spacial score (nSPS) is 11.5. The van der Waals surface area contributed by atoms with E-state index in [0.29, 0.717) is 16.3 Å². The van der Waals surface area contributed by atoms with Crippen LogP contribution in [-0.2, 0) is 20.9 Å². The van der Waals surface area contributed by atoms with E-state index in [9.17, 15) is 19.2 Å². The maximum absolute atomic E-state index is 13.1. The molecule has 1 atom stereocenters. The van der Waals surface area contributed by atoms with Gasteiger partial charge in [-0.3, -0.25) is 23.7 Å². The van der Waals surface area contributed by atoms with Gasteiger partial charge in [-0.05, 0) is 23.8 Å². The molecule has 0 fully saturated rings. The van der Waals surface area contributed by atoms with E-state index in [2.05, 4.69) is 4.98 Å². The van der Waals surface area contributed by atoms with Crippen molar-refractivity contribution in [1.29, 1.82) is 0 Å². The van der Waals surface area contributed by atoms with Crippen LogP contribution in [0.25, 0.3) is 0 Å². The van der Waals surface area contributed by atoms with E-state index in [1.54, 1.807) is 18.2 Å². The predicted octanol–water partition coefficient (Wildman–Crippen LogP) is 2.56. The van der Waals surface area contributed by atoms with Gasteiger partial charge in [0.05, 0.1) is 22.9 Å². The highest BCUT2D eigenvalue weighted by Gasteiger charge is 2.27. The molecule has 0 radical (unpaired) electrons. The predicted molar refractivity (Wildman–Crippen MR) is 119 cm³/mol. The van der Waals surface area contributed by atoms with E-state index in [4.69, 9.17) is 38.4 Å². The Kier molecular flexibility index (Phi) is 7.81. The maximum Gasteiger partial charge on any atom is 0.294 e. The van der Waals surface area contributed by atoms with Crippen molar-refractivity contribution in [2.75, 3.05) is 6.61 Å². The number of hydrogen-bond acceptors (Lipinski definition) is 7. The number of halogens is 2. The Bertz CT molecular complexity index is 1240. The topological polar surface area (TPSA) is 131 Å². The third kappa shape index (κ3) is 5.76. The lowest BCUT2D eigenvalue weighted by atomic mass is 10.0. The molecule has 0 aliphatic rings. The summed E-state index contributed by atoms with van der Waals surface area (Å²) in [6, 6.07) is 10.8. The largest absolute Gasteiger partial charge is 0.484 e. The quantitative estimate of drug-likeness (QED) is 0.341. The number of Topliss-reactive ketones (excluding diaryl/α,β-unsaturated/α-hetero) is 1. The molecule has 0 aliphatic heterocycles. The molecule has 3 rings (SSSR count). The monoisotopic (exact) mass is 489 g/mol. The number of rotatable bonds is 10. The van der Waals surface area contributed by atoms with Crippen LogP contribution in [0, 0.1) is 0 Å². The summed E-state index contributed by atoms with van der Waals surface area (Å²) in [7, 11) is 0. The van der Waals surface area contributed by atoms with Crippen molar-refractivity contribution in [2.45, 2.75) is 12.6 Å². The van der Waals surface area contributed by atoms with E-state index in [0.717, 1.165) is 6.20 Å². The Morgan fingerprint density at radius 2 is 1.88 bits per heavy atom. The molecule has 33 heavy (non-hydrogen) atoms. The van der Waals surface area contributed by atoms with Crippen molar-refractivity contribution in [2.24, 2.45) is 5.73 Å². The number of carbonyl (C=O) groups is 3. The highest BCUT2D eigenvalue weighted by molar-refractivity contribution is 6.42. The molecule has 0 spiro atoms. The first-order chi connectivity index (χ1) is 15.8. The molecular weight excluding hydrogens is 473 g/mol. The highest BCUT2D eigenvalue weighted by atomic mass is 35.5. The molecule has 2 aromatic carbocycles. The second-order valence-electron chi connectivity index (χ2n) is 6.75. The van der Waals surface area contributed by atoms with Crippen molar-refractivity contribution in [3.63, 3.8) is 0 Å². The zero-order valence-electron chi connectivity index (χ0n) is 16.9. The van der Waals surface area contributed by atoms with Gasteiger partial charge in [0.1, 0.15) is 11.3 Å². The van der Waals surface area contributed by atoms with Crippen LogP contribution in [0.4, 0.5) is 0 Å². The summed E-state index contributed by atoms with van der Waals surface area (Å²) in [4.78, 5) is 51.9. The van der Waals surface area contributed by atoms with Gasteiger partial charge in [0.15, 0.2) is 12.7 Å². The smallest absolute Gasteiger partial charge is 0.294 e. The van der Waals surface area contributed by atoms with Gasteiger partial charge in [0.25, 0.3) is 17.9 Å². The minimum Gasteiger partial charge on any atom is -0.484 e. The summed E-state index contributed by atoms with van der Waals surface area (Å²) < 4.78 is 11.3. The van der Waals surface area contributed by atoms with Gasteiger partial charge in [-0.25, -0.2) is 4.98 Å². The van der Waals surface area contributed by atoms with Crippen LogP contribution in [0.15, 0.2) is 59.8 Å². The lowest BCUT2D eigenvalue weighted by molar-refractivity contribution is -0.132. The van der Waals surface area contributed by atoms with Crippen molar-refractivity contribution in [3.05, 3.63) is 92.1 Å². The number of hydrogen-bond donors (Lipinski definition) is 1. The molecule has 1 unspecified atom stereocenters. The SMILES string of the molecule is NC(=O)COc1ccc(C(OC=O)C(=O)c2cncn(Cc3cccc(Cl)c3Cl)c2=O)cc1. The van der Waals surface area contributed by atoms with E-state index < -0.39 is 23.4 Å². The van der Waals surface area contributed by atoms with Gasteiger partial charge >= 0.3 is 0 Å². The Morgan fingerprint density at radius 1 is 1.15 bits per heavy atom.